The second-order valence-electron chi connectivity index (χ2n) is 9.28. The van der Waals surface area contributed by atoms with Gasteiger partial charge in [-0.2, -0.15) is 0 Å². The molecule has 1 heterocycles. The van der Waals surface area contributed by atoms with Crippen LogP contribution in [0, 0.1) is 5.82 Å². The van der Waals surface area contributed by atoms with Crippen LogP contribution in [-0.4, -0.2) is 24.5 Å². The van der Waals surface area contributed by atoms with E-state index in [9.17, 15) is 18.8 Å². The van der Waals surface area contributed by atoms with E-state index in [0.29, 0.717) is 41.6 Å². The van der Waals surface area contributed by atoms with E-state index in [2.05, 4.69) is 5.32 Å². The molecule has 1 fully saturated rings. The van der Waals surface area contributed by atoms with E-state index in [-0.39, 0.29) is 23.7 Å². The van der Waals surface area contributed by atoms with Gasteiger partial charge in [0.25, 0.3) is 11.8 Å². The summed E-state index contributed by atoms with van der Waals surface area (Å²) in [5.41, 5.74) is 2.18. The molecular weight excluding hydrogens is 539 g/mol. The van der Waals surface area contributed by atoms with Crippen molar-refractivity contribution >= 4 is 29.6 Å². The second kappa shape index (κ2) is 12.8. The van der Waals surface area contributed by atoms with Crippen LogP contribution in [-0.2, 0) is 22.8 Å². The van der Waals surface area contributed by atoms with Crippen molar-refractivity contribution in [3.05, 3.63) is 125 Å². The number of anilines is 1. The summed E-state index contributed by atoms with van der Waals surface area (Å²) in [7, 11) is 0. The fraction of sp³-hybridized carbons (Fsp3) is 0.121. The number of carbonyl (C=O) groups excluding carboxylic acids is 3. The second-order valence-corrected chi connectivity index (χ2v) is 9.28. The van der Waals surface area contributed by atoms with Crippen molar-refractivity contribution in [3.8, 4) is 17.2 Å². The highest BCUT2D eigenvalue weighted by atomic mass is 19.1. The largest absolute Gasteiger partial charge is 0.490 e. The fourth-order valence-corrected chi connectivity index (χ4v) is 4.28. The van der Waals surface area contributed by atoms with Crippen molar-refractivity contribution in [2.45, 2.75) is 20.1 Å². The van der Waals surface area contributed by atoms with Crippen molar-refractivity contribution in [1.82, 2.24) is 5.32 Å². The zero-order valence-electron chi connectivity index (χ0n) is 22.7. The molecule has 5 rings (SSSR count). The molecule has 0 radical (unpaired) electrons. The van der Waals surface area contributed by atoms with Gasteiger partial charge in [-0.3, -0.25) is 14.9 Å². The molecule has 9 heteroatoms. The molecule has 1 aliphatic heterocycles. The van der Waals surface area contributed by atoms with Crippen LogP contribution in [0.1, 0.15) is 23.6 Å². The number of benzene rings is 4. The molecule has 4 amide bonds. The smallest absolute Gasteiger partial charge is 0.335 e. The molecule has 0 unspecified atom stereocenters. The Hall–Kier alpha value is -5.44. The van der Waals surface area contributed by atoms with Crippen LogP contribution in [0.2, 0.25) is 0 Å². The van der Waals surface area contributed by atoms with Gasteiger partial charge < -0.3 is 14.2 Å². The predicted molar refractivity (Wildman–Crippen MR) is 155 cm³/mol. The highest BCUT2D eigenvalue weighted by Crippen LogP contribution is 2.31. The number of nitrogens with zero attached hydrogens (tertiary/aromatic N) is 1. The number of hydrogen-bond donors (Lipinski definition) is 1. The standard InChI is InChI=1S/C33H27FN2O6/c1-2-40-30-19-23(11-16-29(30)42-21-24-9-6-10-25(34)17-24)18-28-31(37)35-33(39)36(32(28)38)26-12-14-27(15-13-26)41-20-22-7-4-3-5-8-22/h3-19H,2,20-21H2,1H3,(H,35,37,39)/b28-18+. The third-order valence-corrected chi connectivity index (χ3v) is 6.31. The molecule has 0 spiro atoms. The lowest BCUT2D eigenvalue weighted by Crippen LogP contribution is -2.54. The number of urea groups is 1. The van der Waals surface area contributed by atoms with Crippen molar-refractivity contribution in [1.29, 1.82) is 0 Å². The third kappa shape index (κ3) is 6.64. The fourth-order valence-electron chi connectivity index (χ4n) is 4.28. The predicted octanol–water partition coefficient (Wildman–Crippen LogP) is 6.05. The maximum absolute atomic E-state index is 13.5. The quantitative estimate of drug-likeness (QED) is 0.186. The van der Waals surface area contributed by atoms with Gasteiger partial charge in [0.1, 0.15) is 30.4 Å². The first-order valence-electron chi connectivity index (χ1n) is 13.2. The minimum atomic E-state index is -0.851. The Morgan fingerprint density at radius 1 is 0.762 bits per heavy atom. The summed E-state index contributed by atoms with van der Waals surface area (Å²) in [6.07, 6.45) is 1.38. The van der Waals surface area contributed by atoms with Crippen molar-refractivity contribution < 1.29 is 33.0 Å². The zero-order chi connectivity index (χ0) is 29.5. The van der Waals surface area contributed by atoms with Crippen LogP contribution >= 0.6 is 0 Å². The van der Waals surface area contributed by atoms with Gasteiger partial charge in [0, 0.05) is 0 Å². The molecule has 4 aromatic rings. The summed E-state index contributed by atoms with van der Waals surface area (Å²) >= 11 is 0. The highest BCUT2D eigenvalue weighted by Gasteiger charge is 2.36. The van der Waals surface area contributed by atoms with Crippen molar-refractivity contribution in [2.24, 2.45) is 0 Å². The van der Waals surface area contributed by atoms with E-state index < -0.39 is 17.8 Å². The molecule has 1 saturated heterocycles. The van der Waals surface area contributed by atoms with Gasteiger partial charge in [-0.25, -0.2) is 14.1 Å². The first-order chi connectivity index (χ1) is 20.4. The van der Waals surface area contributed by atoms with Gasteiger partial charge in [-0.15, -0.1) is 0 Å². The van der Waals surface area contributed by atoms with Gasteiger partial charge >= 0.3 is 6.03 Å². The number of ether oxygens (including phenoxy) is 3. The van der Waals surface area contributed by atoms with Crippen molar-refractivity contribution in [2.75, 3.05) is 11.5 Å². The lowest BCUT2D eigenvalue weighted by Gasteiger charge is -2.26. The molecule has 42 heavy (non-hydrogen) atoms. The number of nitrogens with one attached hydrogen (secondary N) is 1. The van der Waals surface area contributed by atoms with E-state index in [1.165, 1.54) is 18.2 Å². The SMILES string of the molecule is CCOc1cc(/C=C2\C(=O)NC(=O)N(c3ccc(OCc4ccccc4)cc3)C2=O)ccc1OCc1cccc(F)c1. The van der Waals surface area contributed by atoms with Crippen LogP contribution in [0.3, 0.4) is 0 Å². The molecule has 0 bridgehead atoms. The van der Waals surface area contributed by atoms with Gasteiger partial charge in [-0.1, -0.05) is 48.5 Å². The molecule has 0 atom stereocenters. The van der Waals surface area contributed by atoms with Crippen molar-refractivity contribution in [3.63, 3.8) is 0 Å². The van der Waals surface area contributed by atoms with Gasteiger partial charge in [0.15, 0.2) is 11.5 Å². The minimum absolute atomic E-state index is 0.117. The van der Waals surface area contributed by atoms with E-state index in [1.807, 2.05) is 30.3 Å². The first-order valence-corrected chi connectivity index (χ1v) is 13.2. The van der Waals surface area contributed by atoms with E-state index in [0.717, 1.165) is 10.5 Å². The summed E-state index contributed by atoms with van der Waals surface area (Å²) in [4.78, 5) is 39.6. The molecule has 4 aromatic carbocycles. The van der Waals surface area contributed by atoms with E-state index >= 15 is 0 Å². The summed E-state index contributed by atoms with van der Waals surface area (Å²) < 4.78 is 30.9. The number of hydrogen-bond acceptors (Lipinski definition) is 6. The third-order valence-electron chi connectivity index (χ3n) is 6.31. The Balaban J connectivity index is 1.33. The van der Waals surface area contributed by atoms with E-state index in [4.69, 9.17) is 14.2 Å². The van der Waals surface area contributed by atoms with Gasteiger partial charge in [0.2, 0.25) is 0 Å². The molecule has 1 aliphatic rings. The molecule has 0 aliphatic carbocycles. The monoisotopic (exact) mass is 566 g/mol. The van der Waals surface area contributed by atoms with Crippen LogP contribution < -0.4 is 24.4 Å². The van der Waals surface area contributed by atoms with Gasteiger partial charge in [0.05, 0.1) is 12.3 Å². The lowest BCUT2D eigenvalue weighted by molar-refractivity contribution is -0.122. The number of amides is 4. The average molecular weight is 567 g/mol. The maximum Gasteiger partial charge on any atom is 0.335 e. The Morgan fingerprint density at radius 2 is 1.50 bits per heavy atom. The van der Waals surface area contributed by atoms with Crippen LogP contribution in [0.15, 0.2) is 103 Å². The van der Waals surface area contributed by atoms with E-state index in [1.54, 1.807) is 61.5 Å². The lowest BCUT2D eigenvalue weighted by atomic mass is 10.1. The number of carbonyl (C=O) groups is 3. The normalized spacial score (nSPS) is 14.1. The van der Waals surface area contributed by atoms with Crippen LogP contribution in [0.5, 0.6) is 17.2 Å². The molecule has 1 N–H and O–H groups in total. The Labute approximate surface area is 241 Å². The Morgan fingerprint density at radius 3 is 2.24 bits per heavy atom. The highest BCUT2D eigenvalue weighted by molar-refractivity contribution is 6.39. The molecule has 0 saturated carbocycles. The summed E-state index contributed by atoms with van der Waals surface area (Å²) in [6, 6.07) is 26.2. The average Bonchev–Trinajstić information content (AvgIpc) is 2.99. The molecule has 212 valence electrons. The van der Waals surface area contributed by atoms with Crippen LogP contribution in [0.25, 0.3) is 6.08 Å². The summed E-state index contributed by atoms with van der Waals surface area (Å²) in [5, 5.41) is 2.23. The zero-order valence-corrected chi connectivity index (χ0v) is 22.7. The van der Waals surface area contributed by atoms with Crippen LogP contribution in [0.4, 0.5) is 14.9 Å². The number of rotatable bonds is 10. The maximum atomic E-state index is 13.5. The molecular formula is C33H27FN2O6. The first kappa shape index (κ1) is 28.1. The molecule has 8 nitrogen and oxygen atoms in total. The Kier molecular flexibility index (Phi) is 8.58. The minimum Gasteiger partial charge on any atom is -0.490 e. The summed E-state index contributed by atoms with van der Waals surface area (Å²) in [6.45, 7) is 2.62. The number of imide groups is 2. The number of barbiturate groups is 1. The Bertz CT molecular complexity index is 1640. The summed E-state index contributed by atoms with van der Waals surface area (Å²) in [5.74, 6) is -0.597. The number of halogens is 1. The molecule has 0 aromatic heterocycles. The topological polar surface area (TPSA) is 94.2 Å². The van der Waals surface area contributed by atoms with Gasteiger partial charge in [-0.05, 0) is 78.2 Å².